The largest absolute Gasteiger partial charge is 0.366 e. The van der Waals surface area contributed by atoms with Crippen molar-refractivity contribution in [2.75, 3.05) is 11.4 Å². The fourth-order valence-corrected chi connectivity index (χ4v) is 3.22. The van der Waals surface area contributed by atoms with E-state index in [1.54, 1.807) is 23.5 Å². The second-order valence-corrected chi connectivity index (χ2v) is 6.55. The number of rotatable bonds is 7. The highest BCUT2D eigenvalue weighted by Crippen LogP contribution is 2.26. The van der Waals surface area contributed by atoms with Crippen LogP contribution in [-0.4, -0.2) is 12.6 Å². The van der Waals surface area contributed by atoms with E-state index < -0.39 is 0 Å². The maximum absolute atomic E-state index is 13.6. The van der Waals surface area contributed by atoms with E-state index in [4.69, 9.17) is 0 Å². The van der Waals surface area contributed by atoms with E-state index in [9.17, 15) is 4.39 Å². The van der Waals surface area contributed by atoms with Gasteiger partial charge in [-0.25, -0.2) is 4.39 Å². The first kappa shape index (κ1) is 14.5. The van der Waals surface area contributed by atoms with Crippen molar-refractivity contribution in [3.63, 3.8) is 0 Å². The fraction of sp³-hybridized carbons (Fsp3) is 0.412. The van der Waals surface area contributed by atoms with Crippen LogP contribution in [-0.2, 0) is 13.1 Å². The highest BCUT2D eigenvalue weighted by atomic mass is 32.1. The maximum atomic E-state index is 13.6. The molecule has 2 nitrogen and oxygen atoms in total. The number of halogens is 1. The molecule has 1 aliphatic rings. The van der Waals surface area contributed by atoms with E-state index in [0.29, 0.717) is 6.04 Å². The number of nitrogens with one attached hydrogen (secondary N) is 1. The molecule has 1 aromatic carbocycles. The molecule has 1 N–H and O–H groups in total. The van der Waals surface area contributed by atoms with Crippen molar-refractivity contribution in [3.8, 4) is 0 Å². The molecular formula is C17H21FN2S. The fourth-order valence-electron chi connectivity index (χ4n) is 2.50. The molecule has 0 radical (unpaired) electrons. The Morgan fingerprint density at radius 3 is 2.86 bits per heavy atom. The van der Waals surface area contributed by atoms with Crippen LogP contribution in [0.25, 0.3) is 0 Å². The van der Waals surface area contributed by atoms with Gasteiger partial charge in [0.25, 0.3) is 0 Å². The molecule has 0 amide bonds. The molecule has 1 fully saturated rings. The summed E-state index contributed by atoms with van der Waals surface area (Å²) in [4.78, 5) is 3.65. The van der Waals surface area contributed by atoms with Crippen molar-refractivity contribution in [3.05, 3.63) is 52.0 Å². The quantitative estimate of drug-likeness (QED) is 0.826. The lowest BCUT2D eigenvalue weighted by Gasteiger charge is -2.25. The van der Waals surface area contributed by atoms with E-state index >= 15 is 0 Å². The third-order valence-electron chi connectivity index (χ3n) is 3.85. The summed E-state index contributed by atoms with van der Waals surface area (Å²) in [6, 6.07) is 10.0. The Balaban J connectivity index is 1.79. The molecule has 112 valence electrons. The Morgan fingerprint density at radius 2 is 2.19 bits per heavy atom. The van der Waals surface area contributed by atoms with Crippen molar-refractivity contribution in [2.24, 2.45) is 0 Å². The Morgan fingerprint density at radius 1 is 1.33 bits per heavy atom. The van der Waals surface area contributed by atoms with Gasteiger partial charge in [-0.1, -0.05) is 6.07 Å². The van der Waals surface area contributed by atoms with Crippen LogP contribution in [0.3, 0.4) is 0 Å². The van der Waals surface area contributed by atoms with Gasteiger partial charge in [-0.05, 0) is 55.0 Å². The van der Waals surface area contributed by atoms with E-state index in [-0.39, 0.29) is 5.82 Å². The van der Waals surface area contributed by atoms with Crippen LogP contribution in [0.1, 0.15) is 30.2 Å². The predicted molar refractivity (Wildman–Crippen MR) is 87.3 cm³/mol. The molecule has 0 aliphatic heterocycles. The van der Waals surface area contributed by atoms with Crippen molar-refractivity contribution in [2.45, 2.75) is 38.9 Å². The summed E-state index contributed by atoms with van der Waals surface area (Å²) in [6.45, 7) is 4.70. The van der Waals surface area contributed by atoms with Crippen LogP contribution in [0.5, 0.6) is 0 Å². The normalized spacial score (nSPS) is 14.4. The zero-order valence-electron chi connectivity index (χ0n) is 12.3. The molecule has 2 aromatic rings. The highest BCUT2D eigenvalue weighted by molar-refractivity contribution is 7.09. The minimum absolute atomic E-state index is 0.154. The van der Waals surface area contributed by atoms with Gasteiger partial charge in [0, 0.05) is 29.7 Å². The van der Waals surface area contributed by atoms with Gasteiger partial charge in [-0.15, -0.1) is 11.3 Å². The van der Waals surface area contributed by atoms with E-state index in [1.807, 2.05) is 6.07 Å². The van der Waals surface area contributed by atoms with Crippen LogP contribution in [0, 0.1) is 5.82 Å². The molecule has 1 aliphatic carbocycles. The summed E-state index contributed by atoms with van der Waals surface area (Å²) in [7, 11) is 0. The predicted octanol–water partition coefficient (Wildman–Crippen LogP) is 4.17. The number of anilines is 1. The summed E-state index contributed by atoms with van der Waals surface area (Å²) in [6.07, 6.45) is 2.49. The molecule has 1 saturated carbocycles. The van der Waals surface area contributed by atoms with Gasteiger partial charge in [-0.3, -0.25) is 0 Å². The highest BCUT2D eigenvalue weighted by Gasteiger charge is 2.21. The molecule has 1 aromatic heterocycles. The monoisotopic (exact) mass is 304 g/mol. The Kier molecular flexibility index (Phi) is 4.56. The summed E-state index contributed by atoms with van der Waals surface area (Å²) < 4.78 is 13.6. The smallest absolute Gasteiger partial charge is 0.123 e. The molecule has 0 bridgehead atoms. The number of benzene rings is 1. The van der Waals surface area contributed by atoms with Crippen molar-refractivity contribution < 1.29 is 4.39 Å². The minimum Gasteiger partial charge on any atom is -0.366 e. The topological polar surface area (TPSA) is 15.3 Å². The SMILES string of the molecule is CCN(Cc1cccs1)c1ccc(F)cc1CNC1CC1. The first-order valence-corrected chi connectivity index (χ1v) is 8.43. The van der Waals surface area contributed by atoms with E-state index in [2.05, 4.69) is 34.7 Å². The summed E-state index contributed by atoms with van der Waals surface area (Å²) in [5.74, 6) is -0.154. The molecule has 0 spiro atoms. The average molecular weight is 304 g/mol. The Hall–Kier alpha value is -1.39. The van der Waals surface area contributed by atoms with Crippen LogP contribution < -0.4 is 10.2 Å². The average Bonchev–Trinajstić information content (AvgIpc) is 3.18. The standard InChI is InChI=1S/C17H21FN2S/c1-2-20(12-16-4-3-9-21-16)17-8-5-14(18)10-13(17)11-19-15-6-7-15/h3-5,8-10,15,19H,2,6-7,11-12H2,1H3. The Bertz CT molecular complexity index is 578. The molecule has 4 heteroatoms. The lowest BCUT2D eigenvalue weighted by molar-refractivity contribution is 0.618. The van der Waals surface area contributed by atoms with Crippen LogP contribution in [0.2, 0.25) is 0 Å². The molecule has 3 rings (SSSR count). The minimum atomic E-state index is -0.154. The second kappa shape index (κ2) is 6.58. The number of thiophene rings is 1. The second-order valence-electron chi connectivity index (χ2n) is 5.52. The first-order valence-electron chi connectivity index (χ1n) is 7.55. The lowest BCUT2D eigenvalue weighted by atomic mass is 10.1. The number of hydrogen-bond acceptors (Lipinski definition) is 3. The third-order valence-corrected chi connectivity index (χ3v) is 4.71. The molecule has 0 atom stereocenters. The number of nitrogens with zero attached hydrogens (tertiary/aromatic N) is 1. The van der Waals surface area contributed by atoms with Gasteiger partial charge < -0.3 is 10.2 Å². The molecule has 0 unspecified atom stereocenters. The van der Waals surface area contributed by atoms with Gasteiger partial charge in [0.15, 0.2) is 0 Å². The van der Waals surface area contributed by atoms with Crippen LogP contribution in [0.4, 0.5) is 10.1 Å². The molecular weight excluding hydrogens is 283 g/mol. The summed E-state index contributed by atoms with van der Waals surface area (Å²) in [5, 5.41) is 5.59. The van der Waals surface area contributed by atoms with Crippen molar-refractivity contribution in [1.29, 1.82) is 0 Å². The summed E-state index contributed by atoms with van der Waals surface area (Å²) >= 11 is 1.77. The van der Waals surface area contributed by atoms with Crippen molar-refractivity contribution >= 4 is 17.0 Å². The van der Waals surface area contributed by atoms with Gasteiger partial charge in [0.05, 0.1) is 6.54 Å². The van der Waals surface area contributed by atoms with Crippen LogP contribution in [0.15, 0.2) is 35.7 Å². The molecule has 21 heavy (non-hydrogen) atoms. The van der Waals surface area contributed by atoms with E-state index in [1.165, 1.54) is 17.7 Å². The maximum Gasteiger partial charge on any atom is 0.123 e. The summed E-state index contributed by atoms with van der Waals surface area (Å²) in [5.41, 5.74) is 2.20. The van der Waals surface area contributed by atoms with Crippen LogP contribution >= 0.6 is 11.3 Å². The zero-order valence-corrected chi connectivity index (χ0v) is 13.1. The Labute approximate surface area is 129 Å². The molecule has 1 heterocycles. The van der Waals surface area contributed by atoms with Gasteiger partial charge in [0.2, 0.25) is 0 Å². The zero-order chi connectivity index (χ0) is 14.7. The lowest BCUT2D eigenvalue weighted by Crippen LogP contribution is -2.25. The first-order chi connectivity index (χ1) is 10.3. The van der Waals surface area contributed by atoms with Crippen molar-refractivity contribution in [1.82, 2.24) is 5.32 Å². The van der Waals surface area contributed by atoms with E-state index in [0.717, 1.165) is 30.9 Å². The number of hydrogen-bond donors (Lipinski definition) is 1. The van der Waals surface area contributed by atoms with Gasteiger partial charge in [0.1, 0.15) is 5.82 Å². The molecule has 0 saturated heterocycles. The van der Waals surface area contributed by atoms with Gasteiger partial charge in [-0.2, -0.15) is 0 Å². The van der Waals surface area contributed by atoms with Gasteiger partial charge >= 0.3 is 0 Å². The third kappa shape index (κ3) is 3.83.